The molecule has 0 atom stereocenters. The Hall–Kier alpha value is -2.54. The molecule has 0 saturated heterocycles. The lowest BCUT2D eigenvalue weighted by molar-refractivity contribution is 0.412. The number of halogens is 3. The summed E-state index contributed by atoms with van der Waals surface area (Å²) in [5.41, 5.74) is 2.80. The highest BCUT2D eigenvalue weighted by molar-refractivity contribution is 8.21. The topological polar surface area (TPSA) is 44.1 Å². The average Bonchev–Trinajstić information content (AvgIpc) is 2.75. The molecule has 4 aromatic rings. The molecule has 0 radical (unpaired) electrons. The van der Waals surface area contributed by atoms with E-state index in [1.165, 1.54) is 23.9 Å². The summed E-state index contributed by atoms with van der Waals surface area (Å²) in [7, 11) is 8.35. The standard InChI is InChI=1S/C22H15Cl2FN2O2S/c1-12-7-13(3-5-16(12)23)15-9-21(29-2)20(10-17(15)25)27-19-6-4-14(30-24)8-18(19)26-11-22(27)28/h3-11H,1-2H3. The molecule has 0 amide bonds. The zero-order chi connectivity index (χ0) is 21.4. The van der Waals surface area contributed by atoms with Crippen molar-refractivity contribution in [2.45, 2.75) is 11.8 Å². The van der Waals surface area contributed by atoms with Gasteiger partial charge in [-0.05, 0) is 76.1 Å². The molecule has 0 unspecified atom stereocenters. The Morgan fingerprint density at radius 2 is 1.93 bits per heavy atom. The first-order valence-electron chi connectivity index (χ1n) is 8.87. The number of benzene rings is 3. The normalized spacial score (nSPS) is 11.1. The summed E-state index contributed by atoms with van der Waals surface area (Å²) in [4.78, 5) is 17.7. The largest absolute Gasteiger partial charge is 0.495 e. The van der Waals surface area contributed by atoms with E-state index in [0.29, 0.717) is 32.9 Å². The van der Waals surface area contributed by atoms with E-state index in [-0.39, 0.29) is 5.69 Å². The minimum atomic E-state index is -0.489. The number of hydrogen-bond donors (Lipinski definition) is 0. The lowest BCUT2D eigenvalue weighted by Gasteiger charge is -2.16. The third kappa shape index (κ3) is 3.67. The van der Waals surface area contributed by atoms with E-state index in [9.17, 15) is 4.79 Å². The second kappa shape index (κ2) is 8.30. The molecule has 4 nitrogen and oxygen atoms in total. The van der Waals surface area contributed by atoms with Gasteiger partial charge in [-0.3, -0.25) is 9.36 Å². The summed E-state index contributed by atoms with van der Waals surface area (Å²) in [6.07, 6.45) is 1.19. The van der Waals surface area contributed by atoms with Gasteiger partial charge in [0, 0.05) is 21.5 Å². The van der Waals surface area contributed by atoms with Gasteiger partial charge in [0.2, 0.25) is 0 Å². The van der Waals surface area contributed by atoms with Gasteiger partial charge in [-0.25, -0.2) is 9.37 Å². The van der Waals surface area contributed by atoms with Crippen molar-refractivity contribution in [2.75, 3.05) is 7.11 Å². The molecular formula is C22H15Cl2FN2O2S. The van der Waals surface area contributed by atoms with Gasteiger partial charge in [0.15, 0.2) is 0 Å². The monoisotopic (exact) mass is 460 g/mol. The van der Waals surface area contributed by atoms with Gasteiger partial charge in [0.1, 0.15) is 11.6 Å². The van der Waals surface area contributed by atoms with Crippen LogP contribution in [0.4, 0.5) is 4.39 Å². The van der Waals surface area contributed by atoms with Crippen LogP contribution in [0.3, 0.4) is 0 Å². The predicted octanol–water partition coefficient (Wildman–Crippen LogP) is 6.41. The first kappa shape index (κ1) is 20.7. The summed E-state index contributed by atoms with van der Waals surface area (Å²) >= 11 is 6.09. The Kier molecular flexibility index (Phi) is 5.73. The Labute approximate surface area is 185 Å². The van der Waals surface area contributed by atoms with E-state index in [4.69, 9.17) is 27.0 Å². The van der Waals surface area contributed by atoms with Gasteiger partial charge < -0.3 is 4.74 Å². The summed E-state index contributed by atoms with van der Waals surface area (Å²) < 4.78 is 22.1. The maximum absolute atomic E-state index is 15.2. The first-order chi connectivity index (χ1) is 14.4. The highest BCUT2D eigenvalue weighted by Crippen LogP contribution is 2.35. The molecule has 0 spiro atoms. The van der Waals surface area contributed by atoms with E-state index < -0.39 is 11.4 Å². The molecule has 0 aliphatic rings. The van der Waals surface area contributed by atoms with Crippen molar-refractivity contribution in [3.63, 3.8) is 0 Å². The molecule has 8 heteroatoms. The fourth-order valence-electron chi connectivity index (χ4n) is 3.31. The van der Waals surface area contributed by atoms with E-state index in [1.807, 2.05) is 6.92 Å². The number of ether oxygens (including phenoxy) is 1. The minimum absolute atomic E-state index is 0.285. The first-order valence-corrected chi connectivity index (χ1v) is 10.9. The number of nitrogens with zero attached hydrogens (tertiary/aromatic N) is 2. The molecule has 0 aliphatic heterocycles. The van der Waals surface area contributed by atoms with Crippen LogP contribution in [-0.4, -0.2) is 16.7 Å². The lowest BCUT2D eigenvalue weighted by atomic mass is 10.0. The van der Waals surface area contributed by atoms with Crippen molar-refractivity contribution in [3.05, 3.63) is 81.5 Å². The summed E-state index contributed by atoms with van der Waals surface area (Å²) in [5, 5.41) is 0.604. The molecule has 3 aromatic carbocycles. The zero-order valence-electron chi connectivity index (χ0n) is 15.9. The third-order valence-corrected chi connectivity index (χ3v) is 6.18. The van der Waals surface area contributed by atoms with Crippen LogP contribution in [0.2, 0.25) is 5.02 Å². The van der Waals surface area contributed by atoms with Crippen LogP contribution in [0.5, 0.6) is 5.75 Å². The SMILES string of the molecule is COc1cc(-c2ccc(Cl)c(C)c2)c(F)cc1-n1c(=O)cnc2cc(SCl)ccc21. The Balaban J connectivity index is 1.96. The molecule has 152 valence electrons. The van der Waals surface area contributed by atoms with Crippen LogP contribution in [0.1, 0.15) is 5.56 Å². The smallest absolute Gasteiger partial charge is 0.274 e. The molecule has 4 rings (SSSR count). The third-order valence-electron chi connectivity index (χ3n) is 4.79. The van der Waals surface area contributed by atoms with Crippen LogP contribution in [0.25, 0.3) is 27.8 Å². The van der Waals surface area contributed by atoms with E-state index in [1.54, 1.807) is 42.5 Å². The molecule has 1 aromatic heterocycles. The van der Waals surface area contributed by atoms with Crippen molar-refractivity contribution in [3.8, 4) is 22.6 Å². The number of hydrogen-bond acceptors (Lipinski definition) is 4. The Morgan fingerprint density at radius 1 is 1.13 bits per heavy atom. The maximum atomic E-state index is 15.2. The maximum Gasteiger partial charge on any atom is 0.274 e. The molecule has 0 aliphatic carbocycles. The number of fused-ring (bicyclic) bond motifs is 1. The van der Waals surface area contributed by atoms with Crippen LogP contribution in [0.15, 0.2) is 64.4 Å². The van der Waals surface area contributed by atoms with Gasteiger partial charge >= 0.3 is 0 Å². The summed E-state index contributed by atoms with van der Waals surface area (Å²) in [5.74, 6) is -0.137. The predicted molar refractivity (Wildman–Crippen MR) is 121 cm³/mol. The Morgan fingerprint density at radius 3 is 2.63 bits per heavy atom. The highest BCUT2D eigenvalue weighted by atomic mass is 35.7. The molecule has 0 fully saturated rings. The average molecular weight is 461 g/mol. The number of methoxy groups -OCH3 is 1. The van der Waals surface area contributed by atoms with Crippen molar-refractivity contribution in [2.24, 2.45) is 0 Å². The lowest BCUT2D eigenvalue weighted by Crippen LogP contribution is -2.19. The molecule has 0 N–H and O–H groups in total. The van der Waals surface area contributed by atoms with Gasteiger partial charge in [0.05, 0.1) is 30.0 Å². The fraction of sp³-hybridized carbons (Fsp3) is 0.0909. The zero-order valence-corrected chi connectivity index (χ0v) is 18.3. The van der Waals surface area contributed by atoms with Crippen LogP contribution in [0, 0.1) is 12.7 Å². The van der Waals surface area contributed by atoms with Gasteiger partial charge in [-0.2, -0.15) is 0 Å². The van der Waals surface area contributed by atoms with Gasteiger partial charge in [-0.15, -0.1) is 0 Å². The van der Waals surface area contributed by atoms with Crippen molar-refractivity contribution in [1.82, 2.24) is 9.55 Å². The van der Waals surface area contributed by atoms with Crippen molar-refractivity contribution < 1.29 is 9.13 Å². The van der Waals surface area contributed by atoms with Crippen molar-refractivity contribution >= 4 is 44.3 Å². The van der Waals surface area contributed by atoms with E-state index in [2.05, 4.69) is 4.98 Å². The van der Waals surface area contributed by atoms with Gasteiger partial charge in [0.25, 0.3) is 5.56 Å². The second-order valence-electron chi connectivity index (χ2n) is 6.63. The molecule has 0 bridgehead atoms. The van der Waals surface area contributed by atoms with Crippen molar-refractivity contribution in [1.29, 1.82) is 0 Å². The number of aryl methyl sites for hydroxylation is 1. The molecule has 1 heterocycles. The number of aromatic nitrogens is 2. The van der Waals surface area contributed by atoms with Gasteiger partial charge in [-0.1, -0.05) is 17.7 Å². The Bertz CT molecular complexity index is 1340. The molecular weight excluding hydrogens is 446 g/mol. The van der Waals surface area contributed by atoms with Crippen LogP contribution in [-0.2, 0) is 0 Å². The minimum Gasteiger partial charge on any atom is -0.495 e. The second-order valence-corrected chi connectivity index (χ2v) is 8.12. The van der Waals surface area contributed by atoms with E-state index in [0.717, 1.165) is 21.4 Å². The summed E-state index contributed by atoms with van der Waals surface area (Å²) in [6.45, 7) is 1.85. The fourth-order valence-corrected chi connectivity index (χ4v) is 3.99. The van der Waals surface area contributed by atoms with E-state index >= 15 is 4.39 Å². The van der Waals surface area contributed by atoms with Crippen LogP contribution >= 0.6 is 33.3 Å². The summed E-state index contributed by atoms with van der Waals surface area (Å²) in [6, 6.07) is 13.4. The quantitative estimate of drug-likeness (QED) is 0.352. The highest BCUT2D eigenvalue weighted by Gasteiger charge is 2.17. The number of rotatable bonds is 4. The molecule has 0 saturated carbocycles. The van der Waals surface area contributed by atoms with Crippen LogP contribution < -0.4 is 10.3 Å². The molecule has 30 heavy (non-hydrogen) atoms.